The molecule has 2 aliphatic rings. The summed E-state index contributed by atoms with van der Waals surface area (Å²) < 4.78 is 24.9. The third-order valence-electron chi connectivity index (χ3n) is 7.74. The van der Waals surface area contributed by atoms with Gasteiger partial charge in [-0.3, -0.25) is 4.79 Å². The van der Waals surface area contributed by atoms with Gasteiger partial charge < -0.3 is 19.7 Å². The molecule has 37 heavy (non-hydrogen) atoms. The van der Waals surface area contributed by atoms with Crippen LogP contribution < -0.4 is 4.74 Å². The Morgan fingerprint density at radius 1 is 1.16 bits per heavy atom. The number of carboxylic acid groups (broad SMARTS) is 1. The zero-order valence-electron chi connectivity index (χ0n) is 21.2. The van der Waals surface area contributed by atoms with Gasteiger partial charge in [-0.05, 0) is 74.3 Å². The molecule has 0 amide bonds. The van der Waals surface area contributed by atoms with E-state index >= 15 is 0 Å². The Kier molecular flexibility index (Phi) is 9.53. The first-order chi connectivity index (χ1) is 17.9. The Bertz CT molecular complexity index is 1050. The Hall–Kier alpha value is -2.96. The van der Waals surface area contributed by atoms with Gasteiger partial charge in [0.1, 0.15) is 24.3 Å². The van der Waals surface area contributed by atoms with Gasteiger partial charge in [0.2, 0.25) is 0 Å². The van der Waals surface area contributed by atoms with Crippen molar-refractivity contribution < 1.29 is 28.9 Å². The van der Waals surface area contributed by atoms with E-state index in [1.165, 1.54) is 17.7 Å². The minimum Gasteiger partial charge on any atom is -0.491 e. The van der Waals surface area contributed by atoms with E-state index in [1.54, 1.807) is 18.2 Å². The fourth-order valence-electron chi connectivity index (χ4n) is 5.78. The monoisotopic (exact) mass is 508 g/mol. The van der Waals surface area contributed by atoms with Gasteiger partial charge in [-0.1, -0.05) is 54.6 Å². The number of unbranched alkanes of at least 4 members (excludes halogenated alkanes) is 1. The van der Waals surface area contributed by atoms with Crippen LogP contribution in [-0.2, 0) is 16.0 Å². The number of aryl methyl sites for hydroxylation is 1. The van der Waals surface area contributed by atoms with Crippen LogP contribution in [0.1, 0.15) is 44.1 Å². The third kappa shape index (κ3) is 7.53. The molecule has 198 valence electrons. The van der Waals surface area contributed by atoms with Gasteiger partial charge in [-0.15, -0.1) is 0 Å². The topological polar surface area (TPSA) is 76.0 Å². The van der Waals surface area contributed by atoms with E-state index in [4.69, 9.17) is 14.6 Å². The predicted octanol–water partition coefficient (Wildman–Crippen LogP) is 5.98. The van der Waals surface area contributed by atoms with Crippen LogP contribution in [0.2, 0.25) is 0 Å². The summed E-state index contributed by atoms with van der Waals surface area (Å²) >= 11 is 0. The highest BCUT2D eigenvalue weighted by Gasteiger charge is 2.56. The fraction of sp³-hybridized carbons (Fsp3) is 0.452. The molecule has 2 fully saturated rings. The Morgan fingerprint density at radius 3 is 2.70 bits per heavy atom. The van der Waals surface area contributed by atoms with Gasteiger partial charge in [-0.2, -0.15) is 0 Å². The zero-order valence-corrected chi connectivity index (χ0v) is 21.2. The summed E-state index contributed by atoms with van der Waals surface area (Å²) in [4.78, 5) is 10.8. The maximum Gasteiger partial charge on any atom is 0.303 e. The first-order valence-electron chi connectivity index (χ1n) is 13.2. The number of carboxylic acids is 1. The number of ether oxygens (including phenoxy) is 2. The molecule has 1 heterocycles. The van der Waals surface area contributed by atoms with Gasteiger partial charge in [0.15, 0.2) is 0 Å². The molecule has 6 heteroatoms. The predicted molar refractivity (Wildman–Crippen MR) is 141 cm³/mol. The molecule has 2 bridgehead atoms. The first-order valence-corrected chi connectivity index (χ1v) is 13.2. The lowest BCUT2D eigenvalue weighted by Gasteiger charge is -2.38. The number of carbonyl (C=O) groups is 1. The van der Waals surface area contributed by atoms with Crippen molar-refractivity contribution in [1.82, 2.24) is 0 Å². The molecule has 4 rings (SSSR count). The molecule has 1 saturated carbocycles. The number of benzene rings is 2. The van der Waals surface area contributed by atoms with Crippen LogP contribution in [0, 0.1) is 23.1 Å². The lowest BCUT2D eigenvalue weighted by molar-refractivity contribution is -0.137. The number of hydrogen-bond donors (Lipinski definition) is 2. The first kappa shape index (κ1) is 27.1. The van der Waals surface area contributed by atoms with E-state index < -0.39 is 12.1 Å². The van der Waals surface area contributed by atoms with Crippen LogP contribution in [0.5, 0.6) is 5.75 Å². The summed E-state index contributed by atoms with van der Waals surface area (Å²) in [5, 5.41) is 19.4. The maximum absolute atomic E-state index is 13.1. The lowest BCUT2D eigenvalue weighted by atomic mass is 9.70. The van der Waals surface area contributed by atoms with E-state index in [-0.39, 0.29) is 36.3 Å². The highest BCUT2D eigenvalue weighted by atomic mass is 19.1. The molecule has 1 aliphatic carbocycles. The number of halogens is 1. The molecule has 1 saturated heterocycles. The second-order valence-electron chi connectivity index (χ2n) is 10.3. The molecule has 0 unspecified atom stereocenters. The van der Waals surface area contributed by atoms with Crippen LogP contribution in [0.25, 0.3) is 0 Å². The van der Waals surface area contributed by atoms with Gasteiger partial charge in [0, 0.05) is 17.8 Å². The Balaban J connectivity index is 1.40. The molecule has 0 radical (unpaired) electrons. The fourth-order valence-corrected chi connectivity index (χ4v) is 5.78. The van der Waals surface area contributed by atoms with Crippen molar-refractivity contribution in [3.8, 4) is 5.75 Å². The van der Waals surface area contributed by atoms with E-state index in [0.29, 0.717) is 18.1 Å². The molecular weight excluding hydrogens is 471 g/mol. The number of aliphatic hydroxyl groups excluding tert-OH is 1. The number of rotatable bonds is 14. The quantitative estimate of drug-likeness (QED) is 0.243. The van der Waals surface area contributed by atoms with Crippen molar-refractivity contribution in [2.75, 3.05) is 13.2 Å². The second-order valence-corrected chi connectivity index (χ2v) is 10.3. The average molecular weight is 509 g/mol. The number of aliphatic carboxylic acids is 1. The normalized spacial score (nSPS) is 25.7. The maximum atomic E-state index is 13.1. The highest BCUT2D eigenvalue weighted by Crippen LogP contribution is 2.58. The minimum atomic E-state index is -0.781. The molecule has 2 aromatic carbocycles. The highest BCUT2D eigenvalue weighted by molar-refractivity contribution is 5.66. The Morgan fingerprint density at radius 2 is 1.95 bits per heavy atom. The lowest BCUT2D eigenvalue weighted by Crippen LogP contribution is -2.36. The summed E-state index contributed by atoms with van der Waals surface area (Å²) in [5.41, 5.74) is 1.41. The van der Waals surface area contributed by atoms with Crippen molar-refractivity contribution in [2.24, 2.45) is 17.3 Å². The summed E-state index contributed by atoms with van der Waals surface area (Å²) in [7, 11) is 0. The van der Waals surface area contributed by atoms with Crippen molar-refractivity contribution in [3.63, 3.8) is 0 Å². The molecule has 1 aliphatic heterocycles. The van der Waals surface area contributed by atoms with E-state index in [2.05, 4.69) is 42.5 Å². The van der Waals surface area contributed by atoms with Crippen LogP contribution >= 0.6 is 0 Å². The van der Waals surface area contributed by atoms with E-state index in [9.17, 15) is 14.3 Å². The number of fused-ring (bicyclic) bond motifs is 2. The molecule has 5 atom stereocenters. The summed E-state index contributed by atoms with van der Waals surface area (Å²) in [6.07, 6.45) is 13.1. The molecule has 0 aromatic heterocycles. The van der Waals surface area contributed by atoms with E-state index in [0.717, 1.165) is 38.7 Å². The molecule has 0 spiro atoms. The average Bonchev–Trinajstić information content (AvgIpc) is 3.45. The van der Waals surface area contributed by atoms with Crippen LogP contribution in [0.4, 0.5) is 4.39 Å². The van der Waals surface area contributed by atoms with Crippen molar-refractivity contribution in [3.05, 3.63) is 90.3 Å². The molecular formula is C31H37FO5. The van der Waals surface area contributed by atoms with Gasteiger partial charge in [-0.25, -0.2) is 4.39 Å². The number of allylic oxidation sites excluding steroid dienone is 2. The minimum absolute atomic E-state index is 0.0798. The van der Waals surface area contributed by atoms with Gasteiger partial charge >= 0.3 is 5.97 Å². The van der Waals surface area contributed by atoms with Crippen molar-refractivity contribution in [1.29, 1.82) is 0 Å². The Labute approximate surface area is 218 Å². The second kappa shape index (κ2) is 13.0. The van der Waals surface area contributed by atoms with Crippen LogP contribution in [-0.4, -0.2) is 41.6 Å². The third-order valence-corrected chi connectivity index (χ3v) is 7.74. The van der Waals surface area contributed by atoms with Crippen molar-refractivity contribution >= 4 is 5.97 Å². The number of aliphatic hydroxyl groups is 1. The summed E-state index contributed by atoms with van der Waals surface area (Å²) in [6, 6.07) is 16.3. The summed E-state index contributed by atoms with van der Waals surface area (Å²) in [5.74, 6) is 0.00151. The molecule has 5 nitrogen and oxygen atoms in total. The smallest absolute Gasteiger partial charge is 0.303 e. The van der Waals surface area contributed by atoms with Crippen LogP contribution in [0.3, 0.4) is 0 Å². The van der Waals surface area contributed by atoms with Gasteiger partial charge in [0.05, 0.1) is 12.7 Å². The largest absolute Gasteiger partial charge is 0.491 e. The molecule has 2 N–H and O–H groups in total. The zero-order chi connectivity index (χ0) is 26.1. The van der Waals surface area contributed by atoms with Crippen LogP contribution in [0.15, 0.2) is 78.9 Å². The van der Waals surface area contributed by atoms with Gasteiger partial charge in [0.25, 0.3) is 0 Å². The summed E-state index contributed by atoms with van der Waals surface area (Å²) in [6.45, 7) is 0.844. The SMILES string of the molecule is O=C(O)CCC/C=C\C[C@@H]1[C@@H](/C=C/[C@@H](O)COc2ccc(F)cc2)[C@H]2C[C@]1(CCc1ccccc1)CO2. The number of hydrogen-bond acceptors (Lipinski definition) is 4. The van der Waals surface area contributed by atoms with Crippen molar-refractivity contribution in [2.45, 2.75) is 57.2 Å². The van der Waals surface area contributed by atoms with E-state index in [1.807, 2.05) is 6.07 Å². The molecule has 2 aromatic rings. The standard InChI is InChI=1S/C31H37FO5/c32-24-12-15-26(16-13-24)36-21-25(33)14-17-27-28(10-6-1-2-7-11-30(34)35)31(20-29(27)37-22-31)19-18-23-8-4-3-5-9-23/h1,3-6,8-9,12-17,25,27-29,33H,2,7,10-11,18-22H2,(H,34,35)/b6-1-,17-14+/t25-,27-,28-,29-,31-/m1/s1.